The molecule has 1 heterocycles. The van der Waals surface area contributed by atoms with Crippen molar-refractivity contribution < 1.29 is 0 Å². The summed E-state index contributed by atoms with van der Waals surface area (Å²) in [6, 6.07) is 0. The van der Waals surface area contributed by atoms with Crippen molar-refractivity contribution in [2.75, 3.05) is 5.32 Å². The predicted octanol–water partition coefficient (Wildman–Crippen LogP) is 2.16. The van der Waals surface area contributed by atoms with Crippen LogP contribution in [0.3, 0.4) is 0 Å². The van der Waals surface area contributed by atoms with Crippen molar-refractivity contribution in [2.45, 2.75) is 19.8 Å². The van der Waals surface area contributed by atoms with Crippen molar-refractivity contribution in [1.29, 1.82) is 0 Å². The monoisotopic (exact) mass is 163 g/mol. The van der Waals surface area contributed by atoms with Gasteiger partial charge in [0, 0.05) is 0 Å². The predicted molar refractivity (Wildman–Crippen MR) is 49.9 cm³/mol. The van der Waals surface area contributed by atoms with Crippen LogP contribution in [0.2, 0.25) is 0 Å². The van der Waals surface area contributed by atoms with E-state index < -0.39 is 0 Å². The van der Waals surface area contributed by atoms with Crippen LogP contribution in [0.1, 0.15) is 25.5 Å². The summed E-state index contributed by atoms with van der Waals surface area (Å²) in [5.74, 6) is 1.16. The Morgan fingerprint density at radius 2 is 2.17 bits per heavy atom. The van der Waals surface area contributed by atoms with Gasteiger partial charge in [0.1, 0.15) is 5.82 Å². The smallest absolute Gasteiger partial charge is 0.148 e. The third-order valence-electron chi connectivity index (χ3n) is 1.51. The van der Waals surface area contributed by atoms with Gasteiger partial charge < -0.3 is 5.32 Å². The van der Waals surface area contributed by atoms with Gasteiger partial charge in [-0.2, -0.15) is 0 Å². The van der Waals surface area contributed by atoms with Crippen LogP contribution in [0.4, 0.5) is 5.82 Å². The van der Waals surface area contributed by atoms with Gasteiger partial charge in [0.05, 0.1) is 18.1 Å². The fourth-order valence-electron chi connectivity index (χ4n) is 0.815. The largest absolute Gasteiger partial charge is 0.346 e. The summed E-state index contributed by atoms with van der Waals surface area (Å²) in [5.41, 5.74) is 1.00. The molecule has 0 bridgehead atoms. The quantitative estimate of drug-likeness (QED) is 0.742. The first kappa shape index (κ1) is 8.71. The molecule has 0 unspecified atom stereocenters. The Kier molecular flexibility index (Phi) is 2.80. The molecule has 12 heavy (non-hydrogen) atoms. The number of anilines is 1. The van der Waals surface area contributed by atoms with Crippen molar-refractivity contribution in [1.82, 2.24) is 9.97 Å². The number of aromatic nitrogens is 2. The maximum Gasteiger partial charge on any atom is 0.148 e. The Labute approximate surface area is 72.6 Å². The molecule has 3 heteroatoms. The summed E-state index contributed by atoms with van der Waals surface area (Å²) in [5, 5.41) is 2.86. The minimum absolute atomic E-state index is 0.426. The Hall–Kier alpha value is -1.38. The van der Waals surface area contributed by atoms with Gasteiger partial charge in [0.25, 0.3) is 0 Å². The Bertz CT molecular complexity index is 251. The molecule has 0 aliphatic carbocycles. The molecule has 0 atom stereocenters. The summed E-state index contributed by atoms with van der Waals surface area (Å²) in [6.07, 6.45) is 5.06. The van der Waals surface area contributed by atoms with E-state index in [0.29, 0.717) is 5.92 Å². The lowest BCUT2D eigenvalue weighted by Gasteiger charge is -2.03. The molecule has 0 radical (unpaired) electrons. The molecule has 1 aromatic rings. The Balaban J connectivity index is 2.78. The molecule has 1 aromatic heterocycles. The van der Waals surface area contributed by atoms with Crippen LogP contribution in [0.5, 0.6) is 0 Å². The average molecular weight is 163 g/mol. The van der Waals surface area contributed by atoms with Crippen LogP contribution in [0.25, 0.3) is 0 Å². The van der Waals surface area contributed by atoms with E-state index in [4.69, 9.17) is 0 Å². The van der Waals surface area contributed by atoms with Crippen LogP contribution < -0.4 is 5.32 Å². The molecule has 64 valence electrons. The highest BCUT2D eigenvalue weighted by Gasteiger charge is 1.99. The van der Waals surface area contributed by atoms with E-state index >= 15 is 0 Å². The number of hydrogen-bond acceptors (Lipinski definition) is 3. The second-order valence-corrected chi connectivity index (χ2v) is 2.83. The normalized spacial score (nSPS) is 9.92. The Morgan fingerprint density at radius 3 is 2.58 bits per heavy atom. The lowest BCUT2D eigenvalue weighted by atomic mass is 10.1. The highest BCUT2D eigenvalue weighted by molar-refractivity contribution is 5.34. The maximum atomic E-state index is 4.22. The van der Waals surface area contributed by atoms with Gasteiger partial charge in [-0.25, -0.2) is 4.98 Å². The lowest BCUT2D eigenvalue weighted by Crippen LogP contribution is -1.96. The number of nitrogens with zero attached hydrogens (tertiary/aromatic N) is 2. The standard InChI is InChI=1S/C9H13N3/c1-4-10-9-6-11-8(5-12-9)7(2)3/h4-7H,1H2,2-3H3,(H,10,12). The summed E-state index contributed by atoms with van der Waals surface area (Å²) in [7, 11) is 0. The number of rotatable bonds is 3. The van der Waals surface area contributed by atoms with Gasteiger partial charge >= 0.3 is 0 Å². The van der Waals surface area contributed by atoms with E-state index in [1.165, 1.54) is 0 Å². The summed E-state index contributed by atoms with van der Waals surface area (Å²) in [4.78, 5) is 8.37. The molecule has 3 nitrogen and oxygen atoms in total. The van der Waals surface area contributed by atoms with Gasteiger partial charge in [-0.3, -0.25) is 4.98 Å². The summed E-state index contributed by atoms with van der Waals surface area (Å²) in [6.45, 7) is 7.71. The van der Waals surface area contributed by atoms with E-state index in [1.54, 1.807) is 18.6 Å². The fourth-order valence-corrected chi connectivity index (χ4v) is 0.815. The van der Waals surface area contributed by atoms with E-state index in [2.05, 4.69) is 35.7 Å². The maximum absolute atomic E-state index is 4.22. The SMILES string of the molecule is C=CNc1cnc(C(C)C)cn1. The topological polar surface area (TPSA) is 37.8 Å². The van der Waals surface area contributed by atoms with Crippen molar-refractivity contribution in [3.8, 4) is 0 Å². The molecule has 0 amide bonds. The molecule has 0 saturated heterocycles. The number of hydrogen-bond donors (Lipinski definition) is 1. The van der Waals surface area contributed by atoms with Crippen LogP contribution in [0.15, 0.2) is 25.2 Å². The van der Waals surface area contributed by atoms with Crippen LogP contribution >= 0.6 is 0 Å². The molecule has 0 spiro atoms. The van der Waals surface area contributed by atoms with Crippen LogP contribution in [-0.4, -0.2) is 9.97 Å². The van der Waals surface area contributed by atoms with Crippen LogP contribution in [-0.2, 0) is 0 Å². The first-order chi connectivity index (χ1) is 5.74. The number of nitrogens with one attached hydrogen (secondary N) is 1. The average Bonchev–Trinajstić information content (AvgIpc) is 2.06. The van der Waals surface area contributed by atoms with Gasteiger partial charge in [-0.15, -0.1) is 0 Å². The zero-order valence-corrected chi connectivity index (χ0v) is 7.41. The van der Waals surface area contributed by atoms with Crippen molar-refractivity contribution in [3.05, 3.63) is 30.9 Å². The molecular formula is C9H13N3. The molecular weight excluding hydrogens is 150 g/mol. The highest BCUT2D eigenvalue weighted by atomic mass is 15.0. The zero-order chi connectivity index (χ0) is 8.97. The van der Waals surface area contributed by atoms with Crippen LogP contribution in [0, 0.1) is 0 Å². The third-order valence-corrected chi connectivity index (χ3v) is 1.51. The van der Waals surface area contributed by atoms with Crippen molar-refractivity contribution in [3.63, 3.8) is 0 Å². The molecule has 0 aliphatic heterocycles. The molecule has 1 N–H and O–H groups in total. The first-order valence-electron chi connectivity index (χ1n) is 3.93. The van der Waals surface area contributed by atoms with Gasteiger partial charge in [-0.1, -0.05) is 20.4 Å². The fraction of sp³-hybridized carbons (Fsp3) is 0.333. The van der Waals surface area contributed by atoms with E-state index in [1.807, 2.05) is 0 Å². The van der Waals surface area contributed by atoms with E-state index in [0.717, 1.165) is 11.5 Å². The second-order valence-electron chi connectivity index (χ2n) is 2.83. The van der Waals surface area contributed by atoms with E-state index in [9.17, 15) is 0 Å². The van der Waals surface area contributed by atoms with Crippen molar-refractivity contribution in [2.24, 2.45) is 0 Å². The third kappa shape index (κ3) is 2.05. The van der Waals surface area contributed by atoms with Gasteiger partial charge in [0.15, 0.2) is 0 Å². The van der Waals surface area contributed by atoms with Gasteiger partial charge in [-0.05, 0) is 12.1 Å². The second kappa shape index (κ2) is 3.85. The van der Waals surface area contributed by atoms with Gasteiger partial charge in [0.2, 0.25) is 0 Å². The molecule has 0 aliphatic rings. The van der Waals surface area contributed by atoms with Crippen molar-refractivity contribution >= 4 is 5.82 Å². The minimum atomic E-state index is 0.426. The Morgan fingerprint density at radius 1 is 1.42 bits per heavy atom. The summed E-state index contributed by atoms with van der Waals surface area (Å²) < 4.78 is 0. The summed E-state index contributed by atoms with van der Waals surface area (Å²) >= 11 is 0. The molecule has 0 fully saturated rings. The molecule has 0 aromatic carbocycles. The molecule has 1 rings (SSSR count). The van der Waals surface area contributed by atoms with E-state index in [-0.39, 0.29) is 0 Å². The lowest BCUT2D eigenvalue weighted by molar-refractivity contribution is 0.813. The highest BCUT2D eigenvalue weighted by Crippen LogP contribution is 2.10. The minimum Gasteiger partial charge on any atom is -0.346 e. The molecule has 0 saturated carbocycles. The zero-order valence-electron chi connectivity index (χ0n) is 7.41. The first-order valence-corrected chi connectivity index (χ1v) is 3.93.